The Balaban J connectivity index is 3.09. The molecule has 1 aromatic heterocycles. The van der Waals surface area contributed by atoms with Gasteiger partial charge >= 0.3 is 11.9 Å². The summed E-state index contributed by atoms with van der Waals surface area (Å²) in [7, 11) is -3.99. The zero-order valence-corrected chi connectivity index (χ0v) is 12.8. The summed E-state index contributed by atoms with van der Waals surface area (Å²) in [6.07, 6.45) is 1.08. The number of carboxylic acids is 1. The van der Waals surface area contributed by atoms with Crippen molar-refractivity contribution in [2.24, 2.45) is 0 Å². The van der Waals surface area contributed by atoms with E-state index < -0.39 is 34.5 Å². The fourth-order valence-corrected chi connectivity index (χ4v) is 3.24. The minimum absolute atomic E-state index is 0.151. The van der Waals surface area contributed by atoms with Crippen molar-refractivity contribution in [3.8, 4) is 0 Å². The van der Waals surface area contributed by atoms with Crippen molar-refractivity contribution in [1.82, 2.24) is 9.29 Å². The normalized spacial score (nSPS) is 11.9. The van der Waals surface area contributed by atoms with E-state index in [1.54, 1.807) is 20.8 Å². The second-order valence-corrected chi connectivity index (χ2v) is 6.39. The molecule has 118 valence electrons. The van der Waals surface area contributed by atoms with E-state index in [1.807, 2.05) is 0 Å². The van der Waals surface area contributed by atoms with Gasteiger partial charge in [0, 0.05) is 12.2 Å². The molecule has 8 nitrogen and oxygen atoms in total. The second-order valence-electron chi connectivity index (χ2n) is 4.50. The molecule has 1 rings (SSSR count). The molecule has 0 amide bonds. The molecule has 0 aliphatic heterocycles. The number of aromatic carboxylic acids is 1. The van der Waals surface area contributed by atoms with Crippen LogP contribution in [0.15, 0.2) is 17.2 Å². The number of ether oxygens (including phenoxy) is 1. The first-order chi connectivity index (χ1) is 9.70. The van der Waals surface area contributed by atoms with E-state index in [0.29, 0.717) is 0 Å². The highest BCUT2D eigenvalue weighted by Gasteiger charge is 2.30. The maximum Gasteiger partial charge on any atom is 0.352 e. The first-order valence-electron chi connectivity index (χ1n) is 6.29. The van der Waals surface area contributed by atoms with E-state index in [0.717, 1.165) is 16.6 Å². The number of aromatic nitrogens is 1. The minimum atomic E-state index is -3.99. The van der Waals surface area contributed by atoms with Gasteiger partial charge in [-0.05, 0) is 26.8 Å². The van der Waals surface area contributed by atoms with E-state index >= 15 is 0 Å². The number of hydrogen-bond donors (Lipinski definition) is 2. The molecule has 0 saturated heterocycles. The molecule has 0 aromatic carbocycles. The fourth-order valence-electron chi connectivity index (χ4n) is 1.66. The predicted octanol–water partition coefficient (Wildman–Crippen LogP) is 0.675. The number of esters is 1. The highest BCUT2D eigenvalue weighted by Crippen LogP contribution is 2.19. The van der Waals surface area contributed by atoms with Crippen molar-refractivity contribution in [3.05, 3.63) is 18.0 Å². The predicted molar refractivity (Wildman–Crippen MR) is 73.4 cm³/mol. The lowest BCUT2D eigenvalue weighted by Crippen LogP contribution is -2.41. The summed E-state index contributed by atoms with van der Waals surface area (Å²) in [5.41, 5.74) is -0.242. The van der Waals surface area contributed by atoms with Gasteiger partial charge in [0.25, 0.3) is 0 Å². The fraction of sp³-hybridized carbons (Fsp3) is 0.500. The van der Waals surface area contributed by atoms with Gasteiger partial charge in [-0.15, -0.1) is 0 Å². The first kappa shape index (κ1) is 17.2. The van der Waals surface area contributed by atoms with Gasteiger partial charge in [-0.25, -0.2) is 13.2 Å². The smallest absolute Gasteiger partial charge is 0.352 e. The summed E-state index contributed by atoms with van der Waals surface area (Å²) in [6, 6.07) is 0.528. The van der Waals surface area contributed by atoms with E-state index in [4.69, 9.17) is 9.84 Å². The third-order valence-electron chi connectivity index (χ3n) is 2.66. The molecule has 21 heavy (non-hydrogen) atoms. The summed E-state index contributed by atoms with van der Waals surface area (Å²) in [5.74, 6) is -1.93. The molecule has 0 atom stereocenters. The minimum Gasteiger partial charge on any atom is -0.477 e. The number of nitrogens with one attached hydrogen (secondary N) is 1. The van der Waals surface area contributed by atoms with Gasteiger partial charge in [0.1, 0.15) is 17.1 Å². The Labute approximate surface area is 122 Å². The summed E-state index contributed by atoms with van der Waals surface area (Å²) < 4.78 is 30.6. The van der Waals surface area contributed by atoms with E-state index in [1.165, 1.54) is 0 Å². The summed E-state index contributed by atoms with van der Waals surface area (Å²) in [4.78, 5) is 24.5. The van der Waals surface area contributed by atoms with Gasteiger partial charge in [-0.2, -0.15) is 4.31 Å². The molecule has 0 spiro atoms. The quantitative estimate of drug-likeness (QED) is 0.714. The van der Waals surface area contributed by atoms with Crippen LogP contribution in [0.25, 0.3) is 0 Å². The largest absolute Gasteiger partial charge is 0.477 e. The molecular weight excluding hydrogens is 300 g/mol. The number of H-pyrrole nitrogens is 1. The number of nitrogens with zero attached hydrogens (tertiary/aromatic N) is 1. The molecule has 2 N–H and O–H groups in total. The lowest BCUT2D eigenvalue weighted by atomic mass is 10.4. The van der Waals surface area contributed by atoms with Crippen molar-refractivity contribution in [3.63, 3.8) is 0 Å². The van der Waals surface area contributed by atoms with Gasteiger partial charge in [-0.1, -0.05) is 0 Å². The van der Waals surface area contributed by atoms with Crippen molar-refractivity contribution in [2.45, 2.75) is 31.7 Å². The molecule has 0 aliphatic carbocycles. The number of aromatic amines is 1. The van der Waals surface area contributed by atoms with Crippen LogP contribution in [0.3, 0.4) is 0 Å². The first-order valence-corrected chi connectivity index (χ1v) is 7.73. The molecule has 0 bridgehead atoms. The number of carboxylic acid groups (broad SMARTS) is 1. The summed E-state index contributed by atoms with van der Waals surface area (Å²) >= 11 is 0. The molecule has 0 fully saturated rings. The van der Waals surface area contributed by atoms with Gasteiger partial charge in [0.2, 0.25) is 10.0 Å². The average molecular weight is 318 g/mol. The molecule has 9 heteroatoms. The van der Waals surface area contributed by atoms with Crippen LogP contribution in [0.2, 0.25) is 0 Å². The molecule has 0 unspecified atom stereocenters. The van der Waals surface area contributed by atoms with Crippen LogP contribution >= 0.6 is 0 Å². The van der Waals surface area contributed by atoms with Crippen molar-refractivity contribution in [2.75, 3.05) is 13.2 Å². The van der Waals surface area contributed by atoms with Crippen LogP contribution in [0.5, 0.6) is 0 Å². The molecule has 0 aliphatic rings. The highest BCUT2D eigenvalue weighted by atomic mass is 32.2. The monoisotopic (exact) mass is 318 g/mol. The van der Waals surface area contributed by atoms with E-state index in [9.17, 15) is 18.0 Å². The Morgan fingerprint density at radius 1 is 1.43 bits per heavy atom. The van der Waals surface area contributed by atoms with E-state index in [2.05, 4.69) is 4.98 Å². The zero-order valence-electron chi connectivity index (χ0n) is 12.0. The Hall–Kier alpha value is -1.87. The lowest BCUT2D eigenvalue weighted by Gasteiger charge is -2.24. The third-order valence-corrected chi connectivity index (χ3v) is 4.66. The molecular formula is C12H18N2O6S. The van der Waals surface area contributed by atoms with Gasteiger partial charge < -0.3 is 14.8 Å². The Bertz CT molecular complexity index is 619. The Morgan fingerprint density at radius 3 is 2.48 bits per heavy atom. The Morgan fingerprint density at radius 2 is 2.05 bits per heavy atom. The Kier molecular flexibility index (Phi) is 5.50. The molecule has 0 saturated carbocycles. The van der Waals surface area contributed by atoms with E-state index in [-0.39, 0.29) is 17.2 Å². The standard InChI is InChI=1S/C12H18N2O6S/c1-4-20-11(15)7-14(8(2)3)21(18,19)9-5-10(12(16)17)13-6-9/h5-6,8,13H,4,7H2,1-3H3,(H,16,17). The highest BCUT2D eigenvalue weighted by molar-refractivity contribution is 7.89. The van der Waals surface area contributed by atoms with Gasteiger partial charge in [0.05, 0.1) is 6.61 Å². The van der Waals surface area contributed by atoms with Crippen LogP contribution in [0, 0.1) is 0 Å². The van der Waals surface area contributed by atoms with Crippen LogP contribution in [0.1, 0.15) is 31.3 Å². The van der Waals surface area contributed by atoms with Gasteiger partial charge in [-0.3, -0.25) is 4.79 Å². The van der Waals surface area contributed by atoms with Crippen LogP contribution in [-0.4, -0.2) is 53.9 Å². The number of carbonyl (C=O) groups excluding carboxylic acids is 1. The van der Waals surface area contributed by atoms with Crippen molar-refractivity contribution in [1.29, 1.82) is 0 Å². The topological polar surface area (TPSA) is 117 Å². The lowest BCUT2D eigenvalue weighted by molar-refractivity contribution is -0.143. The number of hydrogen-bond acceptors (Lipinski definition) is 5. The van der Waals surface area contributed by atoms with Crippen LogP contribution in [-0.2, 0) is 19.6 Å². The zero-order chi connectivity index (χ0) is 16.2. The number of carbonyl (C=O) groups is 2. The number of sulfonamides is 1. The van der Waals surface area contributed by atoms with Gasteiger partial charge in [0.15, 0.2) is 0 Å². The molecule has 1 heterocycles. The molecule has 1 aromatic rings. The maximum atomic E-state index is 12.5. The summed E-state index contributed by atoms with van der Waals surface area (Å²) in [6.45, 7) is 4.57. The van der Waals surface area contributed by atoms with Crippen molar-refractivity contribution >= 4 is 22.0 Å². The number of rotatable bonds is 7. The SMILES string of the molecule is CCOC(=O)CN(C(C)C)S(=O)(=O)c1c[nH]c(C(=O)O)c1. The second kappa shape index (κ2) is 6.72. The third kappa shape index (κ3) is 4.05. The van der Waals surface area contributed by atoms with Crippen LogP contribution < -0.4 is 0 Å². The van der Waals surface area contributed by atoms with Crippen molar-refractivity contribution < 1.29 is 27.9 Å². The maximum absolute atomic E-state index is 12.5. The average Bonchev–Trinajstić information content (AvgIpc) is 2.86. The summed E-state index contributed by atoms with van der Waals surface area (Å²) in [5, 5.41) is 8.81. The van der Waals surface area contributed by atoms with Crippen LogP contribution in [0.4, 0.5) is 0 Å². The molecule has 0 radical (unpaired) electrons.